The summed E-state index contributed by atoms with van der Waals surface area (Å²) < 4.78 is 5.72. The molecule has 0 radical (unpaired) electrons. The molecule has 2 aromatic rings. The Kier molecular flexibility index (Phi) is 5.83. The van der Waals surface area contributed by atoms with E-state index in [0.29, 0.717) is 24.3 Å². The Bertz CT molecular complexity index is 724. The van der Waals surface area contributed by atoms with E-state index in [1.807, 2.05) is 16.3 Å². The molecule has 1 saturated heterocycles. The smallest absolute Gasteiger partial charge is 0.254 e. The zero-order valence-electron chi connectivity index (χ0n) is 14.2. The quantitative estimate of drug-likeness (QED) is 0.859. The van der Waals surface area contributed by atoms with Crippen molar-refractivity contribution < 1.29 is 14.3 Å². The molecule has 1 fully saturated rings. The van der Waals surface area contributed by atoms with Gasteiger partial charge in [0.25, 0.3) is 5.91 Å². The van der Waals surface area contributed by atoms with Gasteiger partial charge in [0.1, 0.15) is 0 Å². The first-order valence-electron chi connectivity index (χ1n) is 8.41. The van der Waals surface area contributed by atoms with Crippen LogP contribution in [0.2, 0.25) is 0 Å². The fourth-order valence-corrected chi connectivity index (χ4v) is 3.63. The Morgan fingerprint density at radius 3 is 2.92 bits per heavy atom. The minimum Gasteiger partial charge on any atom is -0.376 e. The van der Waals surface area contributed by atoms with Gasteiger partial charge in [-0.15, -0.1) is 0 Å². The highest BCUT2D eigenvalue weighted by Gasteiger charge is 2.24. The van der Waals surface area contributed by atoms with Gasteiger partial charge in [-0.05, 0) is 53.4 Å². The molecule has 0 saturated carbocycles. The molecule has 1 aliphatic rings. The maximum Gasteiger partial charge on any atom is 0.254 e. The van der Waals surface area contributed by atoms with Gasteiger partial charge >= 0.3 is 0 Å². The van der Waals surface area contributed by atoms with E-state index in [9.17, 15) is 9.59 Å². The van der Waals surface area contributed by atoms with Crippen LogP contribution in [0, 0.1) is 0 Å². The zero-order chi connectivity index (χ0) is 17.6. The maximum absolute atomic E-state index is 13.1. The summed E-state index contributed by atoms with van der Waals surface area (Å²) >= 11 is 1.62. The molecule has 25 heavy (non-hydrogen) atoms. The topological polar surface area (TPSA) is 58.6 Å². The summed E-state index contributed by atoms with van der Waals surface area (Å²) in [6.07, 6.45) is 2.13. The van der Waals surface area contributed by atoms with E-state index in [1.54, 1.807) is 35.6 Å². The summed E-state index contributed by atoms with van der Waals surface area (Å²) in [5.74, 6) is -0.201. The first-order valence-corrected chi connectivity index (χ1v) is 9.36. The minimum absolute atomic E-state index is 0.0473. The van der Waals surface area contributed by atoms with Crippen LogP contribution in [0.1, 0.15) is 35.7 Å². The lowest BCUT2D eigenvalue weighted by Gasteiger charge is -2.25. The average molecular weight is 358 g/mol. The Labute approximate surface area is 151 Å². The number of ether oxygens (including phenoxy) is 1. The monoisotopic (exact) mass is 358 g/mol. The van der Waals surface area contributed by atoms with E-state index in [0.717, 1.165) is 25.0 Å². The lowest BCUT2D eigenvalue weighted by molar-refractivity contribution is -0.114. The van der Waals surface area contributed by atoms with Crippen molar-refractivity contribution in [3.05, 3.63) is 52.2 Å². The van der Waals surface area contributed by atoms with Gasteiger partial charge in [0, 0.05) is 37.9 Å². The number of carbonyl (C=O) groups excluding carboxylic acids is 2. The average Bonchev–Trinajstić information content (AvgIpc) is 3.27. The van der Waals surface area contributed by atoms with Crippen LogP contribution in [0.5, 0.6) is 0 Å². The van der Waals surface area contributed by atoms with Crippen LogP contribution in [0.4, 0.5) is 5.69 Å². The third kappa shape index (κ3) is 4.90. The van der Waals surface area contributed by atoms with E-state index in [-0.39, 0.29) is 17.9 Å². The van der Waals surface area contributed by atoms with Crippen LogP contribution in [0.25, 0.3) is 0 Å². The molecular weight excluding hydrogens is 336 g/mol. The SMILES string of the molecule is CC(=O)Nc1cccc(C(=O)N(Cc2ccsc2)CC2CCCO2)c1. The van der Waals surface area contributed by atoms with E-state index < -0.39 is 0 Å². The summed E-state index contributed by atoms with van der Waals surface area (Å²) in [7, 11) is 0. The number of hydrogen-bond acceptors (Lipinski definition) is 4. The number of nitrogens with one attached hydrogen (secondary N) is 1. The fourth-order valence-electron chi connectivity index (χ4n) is 2.97. The van der Waals surface area contributed by atoms with Crippen LogP contribution in [0.15, 0.2) is 41.1 Å². The van der Waals surface area contributed by atoms with Gasteiger partial charge < -0.3 is 15.0 Å². The molecule has 1 aromatic heterocycles. The number of rotatable bonds is 6. The first-order chi connectivity index (χ1) is 12.1. The van der Waals surface area contributed by atoms with Gasteiger partial charge in [0.15, 0.2) is 0 Å². The van der Waals surface area contributed by atoms with E-state index >= 15 is 0 Å². The van der Waals surface area contributed by atoms with Crippen molar-refractivity contribution in [2.45, 2.75) is 32.4 Å². The van der Waals surface area contributed by atoms with Crippen molar-refractivity contribution >= 4 is 28.8 Å². The van der Waals surface area contributed by atoms with Crippen LogP contribution in [-0.2, 0) is 16.1 Å². The minimum atomic E-state index is -0.154. The largest absolute Gasteiger partial charge is 0.376 e. The van der Waals surface area contributed by atoms with Crippen LogP contribution < -0.4 is 5.32 Å². The predicted octanol–water partition coefficient (Wildman–Crippen LogP) is 3.53. The second-order valence-corrected chi connectivity index (χ2v) is 6.99. The van der Waals surface area contributed by atoms with Crippen LogP contribution in [-0.4, -0.2) is 36.0 Å². The molecule has 1 unspecified atom stereocenters. The van der Waals surface area contributed by atoms with E-state index in [2.05, 4.69) is 10.7 Å². The highest BCUT2D eigenvalue weighted by molar-refractivity contribution is 7.07. The number of anilines is 1. The molecule has 0 aliphatic carbocycles. The number of nitrogens with zero attached hydrogens (tertiary/aromatic N) is 1. The second-order valence-electron chi connectivity index (χ2n) is 6.21. The van der Waals surface area contributed by atoms with Crippen molar-refractivity contribution in [2.75, 3.05) is 18.5 Å². The van der Waals surface area contributed by atoms with E-state index in [4.69, 9.17) is 4.74 Å². The van der Waals surface area contributed by atoms with Crippen molar-refractivity contribution in [3.63, 3.8) is 0 Å². The van der Waals surface area contributed by atoms with Crippen molar-refractivity contribution in [2.24, 2.45) is 0 Å². The highest BCUT2D eigenvalue weighted by Crippen LogP contribution is 2.19. The van der Waals surface area contributed by atoms with Crippen LogP contribution >= 0.6 is 11.3 Å². The number of thiophene rings is 1. The molecule has 5 nitrogen and oxygen atoms in total. The van der Waals surface area contributed by atoms with E-state index in [1.165, 1.54) is 6.92 Å². The molecule has 3 rings (SSSR count). The standard InChI is InChI=1S/C19H22N2O3S/c1-14(22)20-17-5-2-4-16(10-17)19(23)21(11-15-7-9-25-13-15)12-18-6-3-8-24-18/h2,4-5,7,9-10,13,18H,3,6,8,11-12H2,1H3,(H,20,22). The molecule has 1 N–H and O–H groups in total. The summed E-state index contributed by atoms with van der Waals surface area (Å²) in [5, 5.41) is 6.80. The molecule has 1 aliphatic heterocycles. The molecule has 1 aromatic carbocycles. The Balaban J connectivity index is 1.78. The third-order valence-electron chi connectivity index (χ3n) is 4.12. The van der Waals surface area contributed by atoms with Crippen molar-refractivity contribution in [3.8, 4) is 0 Å². The number of amides is 2. The Morgan fingerprint density at radius 2 is 2.24 bits per heavy atom. The molecule has 2 amide bonds. The molecule has 1 atom stereocenters. The van der Waals surface area contributed by atoms with Gasteiger partial charge in [-0.25, -0.2) is 0 Å². The normalized spacial score (nSPS) is 16.6. The fraction of sp³-hybridized carbons (Fsp3) is 0.368. The number of hydrogen-bond donors (Lipinski definition) is 1. The molecule has 0 bridgehead atoms. The molecular formula is C19H22N2O3S. The van der Waals surface area contributed by atoms with Gasteiger partial charge in [0.05, 0.1) is 6.10 Å². The van der Waals surface area contributed by atoms with Crippen LogP contribution in [0.3, 0.4) is 0 Å². The number of benzene rings is 1. The van der Waals surface area contributed by atoms with Gasteiger partial charge in [-0.2, -0.15) is 11.3 Å². The molecule has 2 heterocycles. The first kappa shape index (κ1) is 17.6. The lowest BCUT2D eigenvalue weighted by atomic mass is 10.1. The summed E-state index contributed by atoms with van der Waals surface area (Å²) in [6, 6.07) is 9.10. The third-order valence-corrected chi connectivity index (χ3v) is 4.85. The molecule has 6 heteroatoms. The van der Waals surface area contributed by atoms with Gasteiger partial charge in [-0.3, -0.25) is 9.59 Å². The zero-order valence-corrected chi connectivity index (χ0v) is 15.1. The van der Waals surface area contributed by atoms with Gasteiger partial charge in [-0.1, -0.05) is 6.07 Å². The lowest BCUT2D eigenvalue weighted by Crippen LogP contribution is -2.36. The second kappa shape index (κ2) is 8.27. The van der Waals surface area contributed by atoms with Gasteiger partial charge in [0.2, 0.25) is 5.91 Å². The Morgan fingerprint density at radius 1 is 1.36 bits per heavy atom. The summed E-state index contributed by atoms with van der Waals surface area (Å²) in [6.45, 7) is 3.36. The maximum atomic E-state index is 13.1. The molecule has 132 valence electrons. The Hall–Kier alpha value is -2.18. The predicted molar refractivity (Wildman–Crippen MR) is 98.8 cm³/mol. The van der Waals surface area contributed by atoms with Crippen molar-refractivity contribution in [1.29, 1.82) is 0 Å². The summed E-state index contributed by atoms with van der Waals surface area (Å²) in [4.78, 5) is 26.1. The number of carbonyl (C=O) groups is 2. The molecule has 0 spiro atoms. The highest BCUT2D eigenvalue weighted by atomic mass is 32.1. The summed E-state index contributed by atoms with van der Waals surface area (Å²) in [5.41, 5.74) is 2.32. The van der Waals surface area contributed by atoms with Crippen molar-refractivity contribution in [1.82, 2.24) is 4.90 Å².